The van der Waals surface area contributed by atoms with Crippen LogP contribution in [0.15, 0.2) is 30.6 Å². The lowest BCUT2D eigenvalue weighted by Gasteiger charge is -2.22. The van der Waals surface area contributed by atoms with Gasteiger partial charge < -0.3 is 4.90 Å². The van der Waals surface area contributed by atoms with E-state index in [2.05, 4.69) is 9.97 Å². The van der Waals surface area contributed by atoms with Crippen LogP contribution in [0.4, 0.5) is 5.69 Å². The molecule has 1 aromatic heterocycles. The van der Waals surface area contributed by atoms with Crippen LogP contribution >= 0.6 is 0 Å². The second-order valence-corrected chi connectivity index (χ2v) is 4.81. The summed E-state index contributed by atoms with van der Waals surface area (Å²) in [6, 6.07) is 7.94. The van der Waals surface area contributed by atoms with Crippen molar-refractivity contribution in [3.8, 4) is 0 Å². The normalized spacial score (nSPS) is 10.4. The molecule has 4 nitrogen and oxygen atoms in total. The topological polar surface area (TPSA) is 46.1 Å². The molecule has 0 bridgehead atoms. The van der Waals surface area contributed by atoms with Crippen molar-refractivity contribution in [1.29, 1.82) is 0 Å². The number of carbonyl (C=O) groups is 1. The predicted octanol–water partition coefficient (Wildman–Crippen LogP) is 3.07. The zero-order chi connectivity index (χ0) is 14.7. The minimum atomic E-state index is -0.0475. The Kier molecular flexibility index (Phi) is 4.13. The van der Waals surface area contributed by atoms with Crippen molar-refractivity contribution in [3.05, 3.63) is 53.1 Å². The van der Waals surface area contributed by atoms with Crippen molar-refractivity contribution in [2.45, 2.75) is 27.7 Å². The number of benzene rings is 1. The molecule has 2 rings (SSSR count). The van der Waals surface area contributed by atoms with Crippen LogP contribution in [-0.2, 0) is 0 Å². The van der Waals surface area contributed by atoms with Gasteiger partial charge in [0.25, 0.3) is 5.91 Å². The Bertz CT molecular complexity index is 617. The molecule has 1 heterocycles. The molecule has 0 aliphatic rings. The van der Waals surface area contributed by atoms with Gasteiger partial charge in [-0.15, -0.1) is 0 Å². The van der Waals surface area contributed by atoms with E-state index in [-0.39, 0.29) is 5.91 Å². The lowest BCUT2D eigenvalue weighted by atomic mass is 10.1. The van der Waals surface area contributed by atoms with Crippen LogP contribution in [0.2, 0.25) is 0 Å². The third-order valence-corrected chi connectivity index (χ3v) is 3.31. The Morgan fingerprint density at radius 1 is 1.15 bits per heavy atom. The van der Waals surface area contributed by atoms with E-state index in [9.17, 15) is 4.79 Å². The SMILES string of the molecule is CCN(C(=O)c1c(C)ncnc1C)c1cccc(C)c1. The average Bonchev–Trinajstić information content (AvgIpc) is 2.39. The molecule has 104 valence electrons. The largest absolute Gasteiger partial charge is 0.309 e. The zero-order valence-corrected chi connectivity index (χ0v) is 12.3. The molecule has 4 heteroatoms. The number of amides is 1. The number of aryl methyl sites for hydroxylation is 3. The molecule has 0 saturated heterocycles. The first-order chi connectivity index (χ1) is 9.54. The molecule has 0 spiro atoms. The number of nitrogens with zero attached hydrogens (tertiary/aromatic N) is 3. The molecule has 1 aromatic carbocycles. The molecule has 2 aromatic rings. The Balaban J connectivity index is 2.45. The van der Waals surface area contributed by atoms with E-state index in [0.29, 0.717) is 23.5 Å². The van der Waals surface area contributed by atoms with Gasteiger partial charge in [-0.25, -0.2) is 9.97 Å². The Morgan fingerprint density at radius 3 is 2.35 bits per heavy atom. The van der Waals surface area contributed by atoms with Crippen molar-refractivity contribution in [2.24, 2.45) is 0 Å². The molecular formula is C16H19N3O. The van der Waals surface area contributed by atoms with Gasteiger partial charge in [-0.2, -0.15) is 0 Å². The minimum Gasteiger partial charge on any atom is -0.309 e. The van der Waals surface area contributed by atoms with Gasteiger partial charge in [-0.1, -0.05) is 12.1 Å². The van der Waals surface area contributed by atoms with Crippen LogP contribution in [0, 0.1) is 20.8 Å². The molecule has 0 atom stereocenters. The third kappa shape index (κ3) is 2.69. The summed E-state index contributed by atoms with van der Waals surface area (Å²) < 4.78 is 0. The summed E-state index contributed by atoms with van der Waals surface area (Å²) in [6.07, 6.45) is 1.49. The summed E-state index contributed by atoms with van der Waals surface area (Å²) in [5.74, 6) is -0.0475. The molecule has 0 unspecified atom stereocenters. The van der Waals surface area contributed by atoms with Crippen LogP contribution in [0.3, 0.4) is 0 Å². The quantitative estimate of drug-likeness (QED) is 0.860. The molecule has 20 heavy (non-hydrogen) atoms. The second-order valence-electron chi connectivity index (χ2n) is 4.81. The van der Waals surface area contributed by atoms with Gasteiger partial charge in [0.05, 0.1) is 17.0 Å². The van der Waals surface area contributed by atoms with Crippen LogP contribution in [0.25, 0.3) is 0 Å². The molecule has 1 amide bonds. The van der Waals surface area contributed by atoms with Crippen molar-refractivity contribution >= 4 is 11.6 Å². The van der Waals surface area contributed by atoms with Gasteiger partial charge in [0.15, 0.2) is 0 Å². The standard InChI is InChI=1S/C16H19N3O/c1-5-19(14-8-6-7-11(2)9-14)16(20)15-12(3)17-10-18-13(15)4/h6-10H,5H2,1-4H3. The summed E-state index contributed by atoms with van der Waals surface area (Å²) in [7, 11) is 0. The smallest absolute Gasteiger partial charge is 0.261 e. The van der Waals surface area contributed by atoms with Gasteiger partial charge in [-0.3, -0.25) is 4.79 Å². The van der Waals surface area contributed by atoms with E-state index in [0.717, 1.165) is 11.3 Å². The van der Waals surface area contributed by atoms with Crippen molar-refractivity contribution in [1.82, 2.24) is 9.97 Å². The number of aromatic nitrogens is 2. The Hall–Kier alpha value is -2.23. The van der Waals surface area contributed by atoms with E-state index >= 15 is 0 Å². The van der Waals surface area contributed by atoms with Crippen LogP contribution < -0.4 is 4.90 Å². The molecule has 0 aliphatic heterocycles. The Labute approximate surface area is 119 Å². The summed E-state index contributed by atoms with van der Waals surface area (Å²) in [4.78, 5) is 22.8. The van der Waals surface area contributed by atoms with E-state index in [1.807, 2.05) is 52.0 Å². The fourth-order valence-corrected chi connectivity index (χ4v) is 2.28. The molecule has 0 saturated carbocycles. The van der Waals surface area contributed by atoms with Crippen molar-refractivity contribution in [3.63, 3.8) is 0 Å². The monoisotopic (exact) mass is 269 g/mol. The first-order valence-electron chi connectivity index (χ1n) is 6.71. The molecule has 0 radical (unpaired) electrons. The van der Waals surface area contributed by atoms with Crippen molar-refractivity contribution in [2.75, 3.05) is 11.4 Å². The number of anilines is 1. The number of rotatable bonds is 3. The third-order valence-electron chi connectivity index (χ3n) is 3.31. The highest BCUT2D eigenvalue weighted by molar-refractivity contribution is 6.07. The molecule has 0 fully saturated rings. The lowest BCUT2D eigenvalue weighted by molar-refractivity contribution is 0.0986. The predicted molar refractivity (Wildman–Crippen MR) is 80.0 cm³/mol. The summed E-state index contributed by atoms with van der Waals surface area (Å²) in [5.41, 5.74) is 4.06. The number of hydrogen-bond donors (Lipinski definition) is 0. The molecule has 0 N–H and O–H groups in total. The van der Waals surface area contributed by atoms with Gasteiger partial charge in [0.1, 0.15) is 6.33 Å². The van der Waals surface area contributed by atoms with Crippen LogP contribution in [-0.4, -0.2) is 22.4 Å². The maximum absolute atomic E-state index is 12.8. The van der Waals surface area contributed by atoms with Gasteiger partial charge in [-0.05, 0) is 45.4 Å². The van der Waals surface area contributed by atoms with Crippen LogP contribution in [0.5, 0.6) is 0 Å². The molecule has 0 aliphatic carbocycles. The van der Waals surface area contributed by atoms with E-state index in [4.69, 9.17) is 0 Å². The van der Waals surface area contributed by atoms with Gasteiger partial charge in [0, 0.05) is 12.2 Å². The highest BCUT2D eigenvalue weighted by atomic mass is 16.2. The van der Waals surface area contributed by atoms with Crippen molar-refractivity contribution < 1.29 is 4.79 Å². The van der Waals surface area contributed by atoms with E-state index < -0.39 is 0 Å². The maximum Gasteiger partial charge on any atom is 0.261 e. The lowest BCUT2D eigenvalue weighted by Crippen LogP contribution is -2.32. The summed E-state index contributed by atoms with van der Waals surface area (Å²) >= 11 is 0. The second kappa shape index (κ2) is 5.82. The number of carbonyl (C=O) groups excluding carboxylic acids is 1. The summed E-state index contributed by atoms with van der Waals surface area (Å²) in [6.45, 7) is 8.27. The average molecular weight is 269 g/mol. The maximum atomic E-state index is 12.8. The Morgan fingerprint density at radius 2 is 1.80 bits per heavy atom. The zero-order valence-electron chi connectivity index (χ0n) is 12.3. The fraction of sp³-hybridized carbons (Fsp3) is 0.312. The van der Waals surface area contributed by atoms with Crippen LogP contribution in [0.1, 0.15) is 34.2 Å². The highest BCUT2D eigenvalue weighted by Gasteiger charge is 2.21. The number of hydrogen-bond acceptors (Lipinski definition) is 3. The van der Waals surface area contributed by atoms with Gasteiger partial charge >= 0.3 is 0 Å². The molecular weight excluding hydrogens is 250 g/mol. The minimum absolute atomic E-state index is 0.0475. The summed E-state index contributed by atoms with van der Waals surface area (Å²) in [5, 5.41) is 0. The first kappa shape index (κ1) is 14.2. The highest BCUT2D eigenvalue weighted by Crippen LogP contribution is 2.20. The fourth-order valence-electron chi connectivity index (χ4n) is 2.28. The van der Waals surface area contributed by atoms with E-state index in [1.165, 1.54) is 6.33 Å². The van der Waals surface area contributed by atoms with Gasteiger partial charge in [0.2, 0.25) is 0 Å². The van der Waals surface area contributed by atoms with E-state index in [1.54, 1.807) is 4.90 Å². The first-order valence-corrected chi connectivity index (χ1v) is 6.71.